The smallest absolute Gasteiger partial charge is 0.331 e. The summed E-state index contributed by atoms with van der Waals surface area (Å²) in [5, 5.41) is -0.309. The Labute approximate surface area is 84.4 Å². The summed E-state index contributed by atoms with van der Waals surface area (Å²) in [5.41, 5.74) is 5.62. The van der Waals surface area contributed by atoms with Crippen LogP contribution in [0.1, 0.15) is 31.6 Å². The van der Waals surface area contributed by atoms with Gasteiger partial charge in [0.25, 0.3) is 0 Å². The first-order valence-corrected chi connectivity index (χ1v) is 4.36. The van der Waals surface area contributed by atoms with E-state index in [1.165, 1.54) is 0 Å². The quantitative estimate of drug-likeness (QED) is 0.800. The SMILES string of the molecule is CC(C)C(N)c1noc(C(F)(F)Cl)n1. The maximum absolute atomic E-state index is 12.5. The van der Waals surface area contributed by atoms with Crippen LogP contribution in [0.25, 0.3) is 0 Å². The number of hydrogen-bond donors (Lipinski definition) is 1. The van der Waals surface area contributed by atoms with Gasteiger partial charge in [0.05, 0.1) is 6.04 Å². The molecule has 7 heteroatoms. The van der Waals surface area contributed by atoms with Crippen molar-refractivity contribution in [3.63, 3.8) is 0 Å². The topological polar surface area (TPSA) is 64.9 Å². The zero-order valence-corrected chi connectivity index (χ0v) is 8.42. The summed E-state index contributed by atoms with van der Waals surface area (Å²) >= 11 is 4.69. The van der Waals surface area contributed by atoms with E-state index in [1.54, 1.807) is 0 Å². The molecule has 1 heterocycles. The molecule has 1 unspecified atom stereocenters. The maximum atomic E-state index is 12.5. The van der Waals surface area contributed by atoms with Gasteiger partial charge in [0.1, 0.15) is 0 Å². The normalized spacial score (nSPS) is 14.8. The van der Waals surface area contributed by atoms with Gasteiger partial charge in [-0.15, -0.1) is 0 Å². The second kappa shape index (κ2) is 3.78. The van der Waals surface area contributed by atoms with E-state index >= 15 is 0 Å². The second-order valence-corrected chi connectivity index (χ2v) is 3.70. The highest BCUT2D eigenvalue weighted by Crippen LogP contribution is 2.31. The van der Waals surface area contributed by atoms with Crippen molar-refractivity contribution in [1.82, 2.24) is 10.1 Å². The molecule has 0 aliphatic rings. The van der Waals surface area contributed by atoms with Crippen LogP contribution in [0.2, 0.25) is 0 Å². The molecule has 80 valence electrons. The highest BCUT2D eigenvalue weighted by Gasteiger charge is 2.36. The van der Waals surface area contributed by atoms with Gasteiger partial charge in [0.15, 0.2) is 5.82 Å². The van der Waals surface area contributed by atoms with Gasteiger partial charge in [-0.25, -0.2) is 0 Å². The number of aromatic nitrogens is 2. The van der Waals surface area contributed by atoms with Crippen molar-refractivity contribution in [3.05, 3.63) is 11.7 Å². The molecule has 0 fully saturated rings. The van der Waals surface area contributed by atoms with Crippen molar-refractivity contribution in [2.24, 2.45) is 11.7 Å². The molecule has 1 atom stereocenters. The lowest BCUT2D eigenvalue weighted by atomic mass is 10.1. The first kappa shape index (κ1) is 11.3. The van der Waals surface area contributed by atoms with Crippen LogP contribution >= 0.6 is 11.6 Å². The number of nitrogens with two attached hydrogens (primary N) is 1. The molecule has 2 N–H and O–H groups in total. The van der Waals surface area contributed by atoms with Crippen molar-refractivity contribution in [2.75, 3.05) is 0 Å². The van der Waals surface area contributed by atoms with E-state index in [0.29, 0.717) is 0 Å². The van der Waals surface area contributed by atoms with Gasteiger partial charge in [0.2, 0.25) is 0 Å². The summed E-state index contributed by atoms with van der Waals surface area (Å²) in [6.07, 6.45) is 0. The molecular weight excluding hydrogens is 216 g/mol. The van der Waals surface area contributed by atoms with Gasteiger partial charge in [-0.3, -0.25) is 0 Å². The Balaban J connectivity index is 2.89. The van der Waals surface area contributed by atoms with Gasteiger partial charge >= 0.3 is 11.3 Å². The van der Waals surface area contributed by atoms with Gasteiger partial charge in [-0.2, -0.15) is 13.8 Å². The third-order valence-corrected chi connectivity index (χ3v) is 1.86. The lowest BCUT2D eigenvalue weighted by Crippen LogP contribution is -2.18. The fraction of sp³-hybridized carbons (Fsp3) is 0.714. The second-order valence-electron chi connectivity index (χ2n) is 3.23. The third-order valence-electron chi connectivity index (χ3n) is 1.70. The molecule has 0 amide bonds. The maximum Gasteiger partial charge on any atom is 0.400 e. The zero-order chi connectivity index (χ0) is 10.9. The van der Waals surface area contributed by atoms with E-state index in [0.717, 1.165) is 0 Å². The van der Waals surface area contributed by atoms with Gasteiger partial charge in [-0.1, -0.05) is 19.0 Å². The van der Waals surface area contributed by atoms with E-state index < -0.39 is 17.3 Å². The Morgan fingerprint density at radius 3 is 2.43 bits per heavy atom. The molecule has 0 saturated heterocycles. The van der Waals surface area contributed by atoms with E-state index in [1.807, 2.05) is 13.8 Å². The molecule has 1 aromatic rings. The monoisotopic (exact) mass is 225 g/mol. The van der Waals surface area contributed by atoms with E-state index in [4.69, 9.17) is 5.73 Å². The lowest BCUT2D eigenvalue weighted by molar-refractivity contribution is 0.0550. The summed E-state index contributed by atoms with van der Waals surface area (Å²) in [4.78, 5) is 3.42. The predicted molar refractivity (Wildman–Crippen MR) is 45.8 cm³/mol. The van der Waals surface area contributed by atoms with Crippen LogP contribution in [-0.4, -0.2) is 10.1 Å². The zero-order valence-electron chi connectivity index (χ0n) is 7.67. The fourth-order valence-electron chi connectivity index (χ4n) is 0.784. The highest BCUT2D eigenvalue weighted by molar-refractivity contribution is 6.21. The van der Waals surface area contributed by atoms with Gasteiger partial charge in [-0.05, 0) is 17.5 Å². The summed E-state index contributed by atoms with van der Waals surface area (Å²) in [6.45, 7) is 3.64. The van der Waals surface area contributed by atoms with Crippen molar-refractivity contribution >= 4 is 11.6 Å². The summed E-state index contributed by atoms with van der Waals surface area (Å²) in [6, 6.07) is -0.536. The lowest BCUT2D eigenvalue weighted by Gasteiger charge is -2.09. The van der Waals surface area contributed by atoms with Crippen molar-refractivity contribution in [1.29, 1.82) is 0 Å². The molecule has 14 heavy (non-hydrogen) atoms. The van der Waals surface area contributed by atoms with Gasteiger partial charge < -0.3 is 10.3 Å². The number of nitrogens with zero attached hydrogens (tertiary/aromatic N) is 2. The largest absolute Gasteiger partial charge is 0.400 e. The van der Waals surface area contributed by atoms with Crippen LogP contribution < -0.4 is 5.73 Å². The molecule has 0 aliphatic carbocycles. The number of halogens is 3. The number of rotatable bonds is 3. The summed E-state index contributed by atoms with van der Waals surface area (Å²) in [7, 11) is 0. The first-order chi connectivity index (χ1) is 6.32. The highest BCUT2D eigenvalue weighted by atomic mass is 35.5. The average molecular weight is 226 g/mol. The van der Waals surface area contributed by atoms with Crippen molar-refractivity contribution < 1.29 is 13.3 Å². The van der Waals surface area contributed by atoms with Crippen LogP contribution in [0.4, 0.5) is 8.78 Å². The minimum Gasteiger partial charge on any atom is -0.331 e. The predicted octanol–water partition coefficient (Wildman–Crippen LogP) is 2.01. The molecule has 0 spiro atoms. The van der Waals surface area contributed by atoms with Crippen LogP contribution in [0.15, 0.2) is 4.52 Å². The summed E-state index contributed by atoms with van der Waals surface area (Å²) in [5.74, 6) is -0.856. The van der Waals surface area contributed by atoms with E-state index in [2.05, 4.69) is 26.3 Å². The Hall–Kier alpha value is -0.750. The average Bonchev–Trinajstić information content (AvgIpc) is 2.49. The molecule has 1 aromatic heterocycles. The minimum atomic E-state index is -3.64. The molecule has 0 aliphatic heterocycles. The Bertz CT molecular complexity index is 310. The van der Waals surface area contributed by atoms with Crippen LogP contribution in [-0.2, 0) is 5.38 Å². The molecule has 4 nitrogen and oxygen atoms in total. The Kier molecular flexibility index (Phi) is 3.06. The number of hydrogen-bond acceptors (Lipinski definition) is 4. The number of alkyl halides is 3. The fourth-order valence-corrected chi connectivity index (χ4v) is 0.860. The van der Waals surface area contributed by atoms with E-state index in [9.17, 15) is 8.78 Å². The molecular formula is C7H10ClF2N3O. The standard InChI is InChI=1S/C7H10ClF2N3O/c1-3(2)4(11)5-12-6(14-13-5)7(8,9)10/h3-4H,11H2,1-2H3. The van der Waals surface area contributed by atoms with E-state index in [-0.39, 0.29) is 11.7 Å². The molecule has 0 radical (unpaired) electrons. The Morgan fingerprint density at radius 2 is 2.07 bits per heavy atom. The van der Waals surface area contributed by atoms with Crippen LogP contribution in [0.5, 0.6) is 0 Å². The summed E-state index contributed by atoms with van der Waals surface area (Å²) < 4.78 is 29.2. The molecule has 0 aromatic carbocycles. The first-order valence-electron chi connectivity index (χ1n) is 3.98. The van der Waals surface area contributed by atoms with Gasteiger partial charge in [0, 0.05) is 0 Å². The third kappa shape index (κ3) is 2.39. The Morgan fingerprint density at radius 1 is 1.50 bits per heavy atom. The van der Waals surface area contributed by atoms with Crippen molar-refractivity contribution in [2.45, 2.75) is 25.3 Å². The van der Waals surface area contributed by atoms with Crippen molar-refractivity contribution in [3.8, 4) is 0 Å². The van der Waals surface area contributed by atoms with Crippen LogP contribution in [0, 0.1) is 5.92 Å². The molecule has 1 rings (SSSR count). The molecule has 0 saturated carbocycles. The van der Waals surface area contributed by atoms with Crippen LogP contribution in [0.3, 0.4) is 0 Å². The molecule has 0 bridgehead atoms. The minimum absolute atomic E-state index is 0.0318.